The van der Waals surface area contributed by atoms with E-state index in [1.54, 1.807) is 0 Å². The predicted octanol–water partition coefficient (Wildman–Crippen LogP) is 1.43. The zero-order chi connectivity index (χ0) is 15.8. The van der Waals surface area contributed by atoms with Crippen LogP contribution in [0.2, 0.25) is 0 Å². The number of hydrogen-bond donors (Lipinski definition) is 3. The Bertz CT molecular complexity index is 499. The van der Waals surface area contributed by atoms with E-state index in [4.69, 9.17) is 10.8 Å². The lowest BCUT2D eigenvalue weighted by molar-refractivity contribution is 0.0697. The van der Waals surface area contributed by atoms with Crippen LogP contribution in [0.15, 0.2) is 18.2 Å². The van der Waals surface area contributed by atoms with Gasteiger partial charge in [0.1, 0.15) is 0 Å². The maximum absolute atomic E-state index is 12.0. The van der Waals surface area contributed by atoms with Gasteiger partial charge in [-0.2, -0.15) is 0 Å². The van der Waals surface area contributed by atoms with Crippen LogP contribution in [-0.2, 0) is 0 Å². The molecule has 4 N–H and O–H groups in total. The first-order valence-corrected chi connectivity index (χ1v) is 7.12. The first-order chi connectivity index (χ1) is 9.97. The number of hydrogen-bond acceptors (Lipinski definition) is 4. The molecule has 6 nitrogen and oxygen atoms in total. The second kappa shape index (κ2) is 8.26. The van der Waals surface area contributed by atoms with Crippen molar-refractivity contribution in [1.82, 2.24) is 10.2 Å². The Labute approximate surface area is 124 Å². The number of anilines is 1. The second-order valence-electron chi connectivity index (χ2n) is 4.79. The van der Waals surface area contributed by atoms with E-state index >= 15 is 0 Å². The van der Waals surface area contributed by atoms with E-state index in [-0.39, 0.29) is 22.7 Å². The fourth-order valence-electron chi connectivity index (χ4n) is 2.05. The lowest BCUT2D eigenvalue weighted by Gasteiger charge is -2.17. The number of rotatable bonds is 8. The highest BCUT2D eigenvalue weighted by Crippen LogP contribution is 2.12. The van der Waals surface area contributed by atoms with E-state index in [1.807, 2.05) is 0 Å². The number of carbonyl (C=O) groups is 2. The molecule has 0 fully saturated rings. The first kappa shape index (κ1) is 17.0. The van der Waals surface area contributed by atoms with Crippen LogP contribution < -0.4 is 11.1 Å². The van der Waals surface area contributed by atoms with Crippen molar-refractivity contribution in [2.24, 2.45) is 0 Å². The van der Waals surface area contributed by atoms with E-state index in [2.05, 4.69) is 24.1 Å². The number of amides is 1. The summed E-state index contributed by atoms with van der Waals surface area (Å²) in [7, 11) is 0. The first-order valence-electron chi connectivity index (χ1n) is 7.12. The average molecular weight is 293 g/mol. The molecule has 0 bridgehead atoms. The van der Waals surface area contributed by atoms with E-state index < -0.39 is 5.97 Å². The number of aromatic carboxylic acids is 1. The Morgan fingerprint density at radius 2 is 1.81 bits per heavy atom. The molecular weight excluding hydrogens is 270 g/mol. The Balaban J connectivity index is 2.54. The molecule has 1 rings (SSSR count). The topological polar surface area (TPSA) is 95.7 Å². The van der Waals surface area contributed by atoms with Gasteiger partial charge in [-0.05, 0) is 44.3 Å². The van der Waals surface area contributed by atoms with Crippen LogP contribution in [-0.4, -0.2) is 48.1 Å². The quantitative estimate of drug-likeness (QED) is 0.498. The van der Waals surface area contributed by atoms with Gasteiger partial charge in [0.25, 0.3) is 5.91 Å². The van der Waals surface area contributed by atoms with Gasteiger partial charge >= 0.3 is 5.97 Å². The van der Waals surface area contributed by atoms with Crippen molar-refractivity contribution in [2.45, 2.75) is 20.3 Å². The molecule has 0 aliphatic rings. The third kappa shape index (κ3) is 5.43. The van der Waals surface area contributed by atoms with Crippen LogP contribution in [0.3, 0.4) is 0 Å². The number of carboxylic acid groups (broad SMARTS) is 1. The minimum absolute atomic E-state index is 0.0169. The van der Waals surface area contributed by atoms with E-state index in [1.165, 1.54) is 18.2 Å². The molecule has 0 unspecified atom stereocenters. The molecule has 0 saturated carbocycles. The standard InChI is InChI=1S/C15H23N3O3/c1-3-18(4-2)7-5-6-17-14(19)11-8-12(15(20)21)10-13(16)9-11/h8-10H,3-7,16H2,1-2H3,(H,17,19)(H,20,21). The summed E-state index contributed by atoms with van der Waals surface area (Å²) in [4.78, 5) is 25.2. The summed E-state index contributed by atoms with van der Waals surface area (Å²) < 4.78 is 0. The summed E-state index contributed by atoms with van der Waals surface area (Å²) in [6.07, 6.45) is 0.849. The van der Waals surface area contributed by atoms with Crippen LogP contribution in [0.1, 0.15) is 41.0 Å². The second-order valence-corrected chi connectivity index (χ2v) is 4.79. The highest BCUT2D eigenvalue weighted by Gasteiger charge is 2.11. The fraction of sp³-hybridized carbons (Fsp3) is 0.467. The molecule has 0 atom stereocenters. The van der Waals surface area contributed by atoms with Gasteiger partial charge in [-0.3, -0.25) is 4.79 Å². The maximum Gasteiger partial charge on any atom is 0.335 e. The SMILES string of the molecule is CCN(CC)CCCNC(=O)c1cc(N)cc(C(=O)O)c1. The van der Waals surface area contributed by atoms with Crippen LogP contribution in [0.25, 0.3) is 0 Å². The molecule has 0 radical (unpaired) electrons. The van der Waals surface area contributed by atoms with Crippen LogP contribution >= 0.6 is 0 Å². The number of nitrogen functional groups attached to an aromatic ring is 1. The molecule has 116 valence electrons. The lowest BCUT2D eigenvalue weighted by Crippen LogP contribution is -2.30. The number of benzene rings is 1. The Kier molecular flexibility index (Phi) is 6.68. The molecule has 21 heavy (non-hydrogen) atoms. The maximum atomic E-state index is 12.0. The minimum atomic E-state index is -1.10. The molecule has 0 aromatic heterocycles. The molecule has 1 aromatic rings. The van der Waals surface area contributed by atoms with Gasteiger partial charge in [0, 0.05) is 17.8 Å². The van der Waals surface area contributed by atoms with Gasteiger partial charge in [0.05, 0.1) is 5.56 Å². The summed E-state index contributed by atoms with van der Waals surface area (Å²) in [6, 6.07) is 4.14. The van der Waals surface area contributed by atoms with Crippen molar-refractivity contribution in [3.63, 3.8) is 0 Å². The zero-order valence-corrected chi connectivity index (χ0v) is 12.6. The lowest BCUT2D eigenvalue weighted by atomic mass is 10.1. The molecule has 0 aliphatic heterocycles. The van der Waals surface area contributed by atoms with E-state index in [9.17, 15) is 9.59 Å². The number of nitrogens with zero attached hydrogens (tertiary/aromatic N) is 1. The smallest absolute Gasteiger partial charge is 0.335 e. The largest absolute Gasteiger partial charge is 0.478 e. The third-order valence-corrected chi connectivity index (χ3v) is 3.30. The Morgan fingerprint density at radius 1 is 1.19 bits per heavy atom. The van der Waals surface area contributed by atoms with Gasteiger partial charge in [0.2, 0.25) is 0 Å². The zero-order valence-electron chi connectivity index (χ0n) is 12.6. The van der Waals surface area contributed by atoms with E-state index in [0.717, 1.165) is 26.1 Å². The van der Waals surface area contributed by atoms with Gasteiger partial charge in [-0.1, -0.05) is 13.8 Å². The molecule has 0 aliphatic carbocycles. The molecule has 0 saturated heterocycles. The van der Waals surface area contributed by atoms with E-state index in [0.29, 0.717) is 6.54 Å². The van der Waals surface area contributed by atoms with Crippen molar-refractivity contribution < 1.29 is 14.7 Å². The predicted molar refractivity (Wildman–Crippen MR) is 82.6 cm³/mol. The van der Waals surface area contributed by atoms with Crippen molar-refractivity contribution in [3.05, 3.63) is 29.3 Å². The monoisotopic (exact) mass is 293 g/mol. The number of carboxylic acids is 1. The molecule has 1 amide bonds. The van der Waals surface area contributed by atoms with Gasteiger partial charge in [-0.25, -0.2) is 4.79 Å². The van der Waals surface area contributed by atoms with Crippen molar-refractivity contribution in [3.8, 4) is 0 Å². The number of nitrogens with one attached hydrogen (secondary N) is 1. The molecule has 0 spiro atoms. The summed E-state index contributed by atoms with van der Waals surface area (Å²) >= 11 is 0. The highest BCUT2D eigenvalue weighted by atomic mass is 16.4. The normalized spacial score (nSPS) is 10.6. The number of nitrogens with two attached hydrogens (primary N) is 1. The molecule has 1 aromatic carbocycles. The Hall–Kier alpha value is -2.08. The van der Waals surface area contributed by atoms with Gasteiger partial charge < -0.3 is 21.1 Å². The molecule has 0 heterocycles. The summed E-state index contributed by atoms with van der Waals surface area (Å²) in [5.41, 5.74) is 6.17. The van der Waals surface area contributed by atoms with Crippen molar-refractivity contribution in [1.29, 1.82) is 0 Å². The number of carbonyl (C=O) groups excluding carboxylic acids is 1. The van der Waals surface area contributed by atoms with Crippen molar-refractivity contribution in [2.75, 3.05) is 31.9 Å². The average Bonchev–Trinajstić information content (AvgIpc) is 2.46. The molecule has 6 heteroatoms. The van der Waals surface area contributed by atoms with Crippen LogP contribution in [0.5, 0.6) is 0 Å². The van der Waals surface area contributed by atoms with Crippen LogP contribution in [0.4, 0.5) is 5.69 Å². The third-order valence-electron chi connectivity index (χ3n) is 3.30. The minimum Gasteiger partial charge on any atom is -0.478 e. The van der Waals surface area contributed by atoms with Crippen LogP contribution in [0, 0.1) is 0 Å². The summed E-state index contributed by atoms with van der Waals surface area (Å²) in [5.74, 6) is -1.40. The Morgan fingerprint density at radius 3 is 2.38 bits per heavy atom. The van der Waals surface area contributed by atoms with Crippen molar-refractivity contribution >= 4 is 17.6 Å². The molecular formula is C15H23N3O3. The highest BCUT2D eigenvalue weighted by molar-refractivity contribution is 5.98. The summed E-state index contributed by atoms with van der Waals surface area (Å²) in [5, 5.41) is 11.7. The summed E-state index contributed by atoms with van der Waals surface area (Å²) in [6.45, 7) is 7.64. The van der Waals surface area contributed by atoms with Gasteiger partial charge in [0.15, 0.2) is 0 Å². The fourth-order valence-corrected chi connectivity index (χ4v) is 2.05. The van der Waals surface area contributed by atoms with Gasteiger partial charge in [-0.15, -0.1) is 0 Å².